The number of rotatable bonds is 5. The first-order chi connectivity index (χ1) is 24.8. The van der Waals surface area contributed by atoms with E-state index in [1.54, 1.807) is 11.3 Å². The van der Waals surface area contributed by atoms with E-state index in [0.717, 1.165) is 48.8 Å². The van der Waals surface area contributed by atoms with Crippen LogP contribution in [0.3, 0.4) is 0 Å². The van der Waals surface area contributed by atoms with E-state index in [2.05, 4.69) is 97.1 Å². The van der Waals surface area contributed by atoms with E-state index < -0.39 is 0 Å². The monoisotopic (exact) mass is 658 g/mol. The number of hydrogen-bond donors (Lipinski definition) is 0. The maximum Gasteiger partial charge on any atom is 0.227 e. The van der Waals surface area contributed by atoms with Gasteiger partial charge < -0.3 is 4.42 Å². The van der Waals surface area contributed by atoms with Gasteiger partial charge >= 0.3 is 0 Å². The summed E-state index contributed by atoms with van der Waals surface area (Å²) in [5, 5.41) is 4.62. The Kier molecular flexibility index (Phi) is 6.60. The fourth-order valence-electron chi connectivity index (χ4n) is 6.80. The number of aromatic nitrogens is 4. The molecule has 10 rings (SSSR count). The normalized spacial score (nSPS) is 11.6. The lowest BCUT2D eigenvalue weighted by molar-refractivity contribution is 0.621. The Hall–Kier alpha value is -6.50. The van der Waals surface area contributed by atoms with Crippen LogP contribution in [0.2, 0.25) is 0 Å². The van der Waals surface area contributed by atoms with Gasteiger partial charge in [-0.3, -0.25) is 0 Å². The molecular weight excluding hydrogens is 633 g/mol. The molecule has 0 radical (unpaired) electrons. The average Bonchev–Trinajstić information content (AvgIpc) is 3.79. The molecule has 0 unspecified atom stereocenters. The van der Waals surface area contributed by atoms with Crippen molar-refractivity contribution in [3.63, 3.8) is 0 Å². The van der Waals surface area contributed by atoms with Crippen LogP contribution in [-0.2, 0) is 0 Å². The van der Waals surface area contributed by atoms with Gasteiger partial charge in [-0.25, -0.2) is 19.9 Å². The summed E-state index contributed by atoms with van der Waals surface area (Å²) >= 11 is 1.74. The lowest BCUT2D eigenvalue weighted by atomic mass is 9.97. The molecule has 0 aliphatic rings. The van der Waals surface area contributed by atoms with Gasteiger partial charge in [0.05, 0.1) is 5.56 Å². The number of oxazole rings is 1. The standard InChI is InChI=1S/C44H26N4OS/c1-3-13-29(14-4-1)41-46-42(30-24-22-28(23-25-30)33-20-11-17-27-12-7-8-18-32(27)33)48-43(47-41)39-38-34-19-9-10-21-36(34)50-37(38)26-35-40(39)49-44(45-35)31-15-5-2-6-16-31/h1-26H. The van der Waals surface area contributed by atoms with Crippen LogP contribution >= 0.6 is 11.3 Å². The molecule has 0 spiro atoms. The third-order valence-electron chi connectivity index (χ3n) is 9.18. The molecule has 0 atom stereocenters. The largest absolute Gasteiger partial charge is 0.435 e. The molecule has 10 aromatic rings. The maximum absolute atomic E-state index is 6.65. The summed E-state index contributed by atoms with van der Waals surface area (Å²) in [6, 6.07) is 54.1. The Labute approximate surface area is 291 Å². The van der Waals surface area contributed by atoms with Crippen LogP contribution in [0.5, 0.6) is 0 Å². The molecule has 3 heterocycles. The van der Waals surface area contributed by atoms with E-state index in [4.69, 9.17) is 24.4 Å². The molecule has 50 heavy (non-hydrogen) atoms. The molecular formula is C44H26N4OS. The van der Waals surface area contributed by atoms with Crippen molar-refractivity contribution in [2.45, 2.75) is 0 Å². The van der Waals surface area contributed by atoms with E-state index in [9.17, 15) is 0 Å². The summed E-state index contributed by atoms with van der Waals surface area (Å²) in [4.78, 5) is 20.4. The highest BCUT2D eigenvalue weighted by molar-refractivity contribution is 7.26. The summed E-state index contributed by atoms with van der Waals surface area (Å²) < 4.78 is 8.93. The Morgan fingerprint density at radius 1 is 0.440 bits per heavy atom. The van der Waals surface area contributed by atoms with Gasteiger partial charge in [0.15, 0.2) is 23.1 Å². The second-order valence-electron chi connectivity index (χ2n) is 12.2. The van der Waals surface area contributed by atoms with Gasteiger partial charge in [-0.1, -0.05) is 133 Å². The smallest absolute Gasteiger partial charge is 0.227 e. The molecule has 0 fully saturated rings. The highest BCUT2D eigenvalue weighted by Gasteiger charge is 2.24. The molecule has 0 bridgehead atoms. The van der Waals surface area contributed by atoms with Crippen molar-refractivity contribution in [1.82, 2.24) is 19.9 Å². The van der Waals surface area contributed by atoms with Gasteiger partial charge in [0.25, 0.3) is 0 Å². The number of fused-ring (bicyclic) bond motifs is 5. The lowest BCUT2D eigenvalue weighted by Crippen LogP contribution is -2.00. The molecule has 0 saturated carbocycles. The van der Waals surface area contributed by atoms with Crippen molar-refractivity contribution in [3.05, 3.63) is 158 Å². The minimum Gasteiger partial charge on any atom is -0.435 e. The molecule has 5 nitrogen and oxygen atoms in total. The molecule has 6 heteroatoms. The third-order valence-corrected chi connectivity index (χ3v) is 10.3. The van der Waals surface area contributed by atoms with Crippen LogP contribution in [0.4, 0.5) is 0 Å². The highest BCUT2D eigenvalue weighted by atomic mass is 32.1. The first kappa shape index (κ1) is 28.5. The zero-order valence-electron chi connectivity index (χ0n) is 26.6. The lowest BCUT2D eigenvalue weighted by Gasteiger charge is -2.11. The minimum absolute atomic E-state index is 0.543. The Morgan fingerprint density at radius 2 is 1.04 bits per heavy atom. The predicted molar refractivity (Wildman–Crippen MR) is 205 cm³/mol. The number of thiophene rings is 1. The second-order valence-corrected chi connectivity index (χ2v) is 13.3. The topological polar surface area (TPSA) is 64.7 Å². The molecule has 0 aliphatic heterocycles. The predicted octanol–water partition coefficient (Wildman–Crippen LogP) is 11.9. The minimum atomic E-state index is 0.543. The maximum atomic E-state index is 6.65. The van der Waals surface area contributed by atoms with Crippen LogP contribution in [0.1, 0.15) is 0 Å². The molecule has 3 aromatic heterocycles. The van der Waals surface area contributed by atoms with E-state index in [0.29, 0.717) is 28.9 Å². The van der Waals surface area contributed by atoms with Crippen molar-refractivity contribution in [1.29, 1.82) is 0 Å². The summed E-state index contributed by atoms with van der Waals surface area (Å²) in [5.74, 6) is 2.29. The van der Waals surface area contributed by atoms with E-state index >= 15 is 0 Å². The average molecular weight is 659 g/mol. The summed E-state index contributed by atoms with van der Waals surface area (Å²) in [7, 11) is 0. The van der Waals surface area contributed by atoms with Crippen molar-refractivity contribution < 1.29 is 4.42 Å². The summed E-state index contributed by atoms with van der Waals surface area (Å²) in [6.45, 7) is 0. The SMILES string of the molecule is c1ccc(-c2nc(-c3ccc(-c4cccc5ccccc45)cc3)nc(-c3c4oc(-c5ccccc5)nc4cc4sc5ccccc5c34)n2)cc1. The van der Waals surface area contributed by atoms with Crippen molar-refractivity contribution in [2.75, 3.05) is 0 Å². The van der Waals surface area contributed by atoms with Gasteiger partial charge in [-0.2, -0.15) is 0 Å². The van der Waals surface area contributed by atoms with E-state index in [1.165, 1.54) is 21.0 Å². The van der Waals surface area contributed by atoms with Crippen LogP contribution in [0, 0.1) is 0 Å². The number of nitrogens with zero attached hydrogens (tertiary/aromatic N) is 4. The van der Waals surface area contributed by atoms with Crippen LogP contribution in [0.25, 0.3) is 98.8 Å². The molecule has 0 saturated heterocycles. The number of hydrogen-bond acceptors (Lipinski definition) is 6. The fraction of sp³-hybridized carbons (Fsp3) is 0. The van der Waals surface area contributed by atoms with Crippen molar-refractivity contribution in [3.8, 4) is 56.7 Å². The van der Waals surface area contributed by atoms with Crippen LogP contribution in [0.15, 0.2) is 162 Å². The molecule has 0 aliphatic carbocycles. The quantitative estimate of drug-likeness (QED) is 0.184. The highest BCUT2D eigenvalue weighted by Crippen LogP contribution is 2.45. The van der Waals surface area contributed by atoms with Gasteiger partial charge in [0, 0.05) is 36.9 Å². The van der Waals surface area contributed by atoms with Crippen molar-refractivity contribution in [2.24, 2.45) is 0 Å². The zero-order valence-corrected chi connectivity index (χ0v) is 27.4. The van der Waals surface area contributed by atoms with Gasteiger partial charge in [-0.05, 0) is 46.2 Å². The van der Waals surface area contributed by atoms with Gasteiger partial charge in [0.1, 0.15) is 5.52 Å². The molecule has 0 N–H and O–H groups in total. The zero-order chi connectivity index (χ0) is 33.0. The van der Waals surface area contributed by atoms with E-state index in [1.807, 2.05) is 60.7 Å². The fourth-order valence-corrected chi connectivity index (χ4v) is 7.95. The Balaban J connectivity index is 1.21. The van der Waals surface area contributed by atoms with Gasteiger partial charge in [0.2, 0.25) is 5.89 Å². The van der Waals surface area contributed by atoms with Gasteiger partial charge in [-0.15, -0.1) is 11.3 Å². The molecule has 7 aromatic carbocycles. The number of benzene rings is 7. The summed E-state index contributed by atoms with van der Waals surface area (Å²) in [6.07, 6.45) is 0. The summed E-state index contributed by atoms with van der Waals surface area (Å²) in [5.41, 5.74) is 7.28. The van der Waals surface area contributed by atoms with E-state index in [-0.39, 0.29) is 0 Å². The third kappa shape index (κ3) is 4.77. The van der Waals surface area contributed by atoms with Crippen LogP contribution < -0.4 is 0 Å². The van der Waals surface area contributed by atoms with Crippen molar-refractivity contribution >= 4 is 53.4 Å². The molecule has 0 amide bonds. The first-order valence-electron chi connectivity index (χ1n) is 16.5. The Morgan fingerprint density at radius 3 is 1.82 bits per heavy atom. The second kappa shape index (κ2) is 11.6. The first-order valence-corrected chi connectivity index (χ1v) is 17.3. The Bertz CT molecular complexity index is 2860. The molecule has 234 valence electrons. The van der Waals surface area contributed by atoms with Crippen LogP contribution in [-0.4, -0.2) is 19.9 Å².